The van der Waals surface area contributed by atoms with Gasteiger partial charge in [0.05, 0.1) is 14.2 Å². The number of amides is 2. The van der Waals surface area contributed by atoms with Crippen LogP contribution >= 0.6 is 0 Å². The summed E-state index contributed by atoms with van der Waals surface area (Å²) in [6, 6.07) is 7.35. The van der Waals surface area contributed by atoms with Gasteiger partial charge in [0.15, 0.2) is 0 Å². The van der Waals surface area contributed by atoms with E-state index in [0.717, 1.165) is 0 Å². The molecule has 0 saturated heterocycles. The predicted molar refractivity (Wildman–Crippen MR) is 89.1 cm³/mol. The first-order chi connectivity index (χ1) is 12.0. The maximum Gasteiger partial charge on any atom is 0.271 e. The Balaban J connectivity index is 1.85. The van der Waals surface area contributed by atoms with E-state index in [1.807, 2.05) is 0 Å². The quantitative estimate of drug-likeness (QED) is 0.604. The highest BCUT2D eigenvalue weighted by Crippen LogP contribution is 2.22. The van der Waals surface area contributed by atoms with E-state index in [0.29, 0.717) is 17.1 Å². The largest absolute Gasteiger partial charge is 0.497 e. The molecule has 2 aromatic rings. The molecule has 9 heteroatoms. The molecule has 3 N–H and O–H groups in total. The van der Waals surface area contributed by atoms with Gasteiger partial charge in [0.1, 0.15) is 17.2 Å². The van der Waals surface area contributed by atoms with E-state index in [1.165, 1.54) is 26.4 Å². The predicted octanol–water partition coefficient (Wildman–Crippen LogP) is -0.0531. The summed E-state index contributed by atoms with van der Waals surface area (Å²) in [4.78, 5) is 34.8. The summed E-state index contributed by atoms with van der Waals surface area (Å²) in [7, 11) is 2.99. The lowest BCUT2D eigenvalue weighted by atomic mass is 10.2. The molecule has 0 fully saturated rings. The Morgan fingerprint density at radius 3 is 2.12 bits per heavy atom. The Hall–Kier alpha value is -3.36. The van der Waals surface area contributed by atoms with Crippen LogP contribution in [0, 0.1) is 0 Å². The first-order valence-electron chi connectivity index (χ1n) is 7.38. The zero-order valence-electron chi connectivity index (χ0n) is 13.8. The van der Waals surface area contributed by atoms with Gasteiger partial charge in [-0.05, 0) is 18.2 Å². The lowest BCUT2D eigenvalue weighted by Crippen LogP contribution is -2.35. The van der Waals surface area contributed by atoms with Crippen LogP contribution in [0.15, 0.2) is 35.1 Å². The highest BCUT2D eigenvalue weighted by Gasteiger charge is 2.10. The van der Waals surface area contributed by atoms with Crippen molar-refractivity contribution >= 4 is 11.8 Å². The van der Waals surface area contributed by atoms with Crippen molar-refractivity contribution < 1.29 is 19.1 Å². The van der Waals surface area contributed by atoms with E-state index in [-0.39, 0.29) is 24.7 Å². The van der Waals surface area contributed by atoms with Gasteiger partial charge in [0.2, 0.25) is 0 Å². The number of hydrogen-bond donors (Lipinski definition) is 3. The molecule has 0 unspecified atom stereocenters. The van der Waals surface area contributed by atoms with Gasteiger partial charge in [-0.3, -0.25) is 14.4 Å². The third-order valence-electron chi connectivity index (χ3n) is 3.22. The number of rotatable bonds is 7. The normalized spacial score (nSPS) is 10.0. The van der Waals surface area contributed by atoms with Gasteiger partial charge < -0.3 is 20.1 Å². The van der Waals surface area contributed by atoms with Crippen molar-refractivity contribution in [3.05, 3.63) is 51.9 Å². The minimum atomic E-state index is -0.450. The maximum atomic E-state index is 12.1. The number of carbonyl (C=O) groups excluding carboxylic acids is 2. The Kier molecular flexibility index (Phi) is 6.10. The number of methoxy groups -OCH3 is 2. The Morgan fingerprint density at radius 2 is 1.60 bits per heavy atom. The first-order valence-corrected chi connectivity index (χ1v) is 7.38. The molecule has 9 nitrogen and oxygen atoms in total. The molecule has 1 aromatic carbocycles. The average molecular weight is 346 g/mol. The molecule has 25 heavy (non-hydrogen) atoms. The van der Waals surface area contributed by atoms with E-state index in [4.69, 9.17) is 9.47 Å². The number of ether oxygens (including phenoxy) is 2. The number of hydrogen-bond acceptors (Lipinski definition) is 6. The number of aromatic amines is 1. The molecule has 0 aliphatic rings. The highest BCUT2D eigenvalue weighted by atomic mass is 16.5. The summed E-state index contributed by atoms with van der Waals surface area (Å²) in [5.74, 6) is 0.228. The Bertz CT molecular complexity index is 776. The van der Waals surface area contributed by atoms with Gasteiger partial charge >= 0.3 is 0 Å². The lowest BCUT2D eigenvalue weighted by molar-refractivity contribution is 0.0924. The second-order valence-corrected chi connectivity index (χ2v) is 4.92. The van der Waals surface area contributed by atoms with Crippen LogP contribution in [0.2, 0.25) is 0 Å². The second kappa shape index (κ2) is 8.48. The standard InChI is InChI=1S/C16H18N4O5/c1-24-11-7-10(8-12(9-11)25-2)15(22)17-5-6-18-16(23)13-3-4-14(21)20-19-13/h3-4,7-9H,5-6H2,1-2H3,(H,17,22)(H,18,23)(H,20,21). The summed E-state index contributed by atoms with van der Waals surface area (Å²) in [6.07, 6.45) is 0. The van der Waals surface area contributed by atoms with E-state index in [1.54, 1.807) is 18.2 Å². The van der Waals surface area contributed by atoms with E-state index >= 15 is 0 Å². The molecule has 0 spiro atoms. The van der Waals surface area contributed by atoms with Crippen LogP contribution in [-0.4, -0.2) is 49.3 Å². The third-order valence-corrected chi connectivity index (χ3v) is 3.22. The molecular formula is C16H18N4O5. The highest BCUT2D eigenvalue weighted by molar-refractivity contribution is 5.95. The third kappa shape index (κ3) is 5.06. The van der Waals surface area contributed by atoms with Gasteiger partial charge in [-0.2, -0.15) is 5.10 Å². The van der Waals surface area contributed by atoms with Crippen LogP contribution in [-0.2, 0) is 0 Å². The van der Waals surface area contributed by atoms with Crippen LogP contribution in [0.1, 0.15) is 20.8 Å². The number of aromatic nitrogens is 2. The molecule has 0 aliphatic heterocycles. The lowest BCUT2D eigenvalue weighted by Gasteiger charge is -2.09. The molecule has 1 aromatic heterocycles. The van der Waals surface area contributed by atoms with Crippen molar-refractivity contribution in [3.8, 4) is 11.5 Å². The summed E-state index contributed by atoms with van der Waals surface area (Å²) >= 11 is 0. The molecular weight excluding hydrogens is 328 g/mol. The number of H-pyrrole nitrogens is 1. The maximum absolute atomic E-state index is 12.1. The van der Waals surface area contributed by atoms with Gasteiger partial charge in [0, 0.05) is 30.8 Å². The fraction of sp³-hybridized carbons (Fsp3) is 0.250. The van der Waals surface area contributed by atoms with Crippen molar-refractivity contribution in [1.29, 1.82) is 0 Å². The average Bonchev–Trinajstić information content (AvgIpc) is 2.64. The SMILES string of the molecule is COc1cc(OC)cc(C(=O)NCCNC(=O)c2ccc(=O)[nH]n2)c1. The van der Waals surface area contributed by atoms with Crippen LogP contribution in [0.5, 0.6) is 11.5 Å². The molecule has 0 saturated carbocycles. The van der Waals surface area contributed by atoms with Crippen LogP contribution in [0.4, 0.5) is 0 Å². The summed E-state index contributed by atoms with van der Waals surface area (Å²) in [5, 5.41) is 11.0. The zero-order valence-corrected chi connectivity index (χ0v) is 13.8. The van der Waals surface area contributed by atoms with Crippen molar-refractivity contribution in [1.82, 2.24) is 20.8 Å². The van der Waals surface area contributed by atoms with Crippen molar-refractivity contribution in [3.63, 3.8) is 0 Å². The summed E-state index contributed by atoms with van der Waals surface area (Å²) in [6.45, 7) is 0.417. The molecule has 1 heterocycles. The number of benzene rings is 1. The minimum absolute atomic E-state index is 0.0865. The van der Waals surface area contributed by atoms with E-state index in [2.05, 4.69) is 20.8 Å². The monoisotopic (exact) mass is 346 g/mol. The van der Waals surface area contributed by atoms with Crippen LogP contribution < -0.4 is 25.7 Å². The summed E-state index contributed by atoms with van der Waals surface area (Å²) in [5.41, 5.74) is 0.0748. The molecule has 0 bridgehead atoms. The number of nitrogens with zero attached hydrogens (tertiary/aromatic N) is 1. The number of nitrogens with one attached hydrogen (secondary N) is 3. The minimum Gasteiger partial charge on any atom is -0.497 e. The van der Waals surface area contributed by atoms with Crippen molar-refractivity contribution in [2.75, 3.05) is 27.3 Å². The molecule has 0 atom stereocenters. The molecule has 2 rings (SSSR count). The number of carbonyl (C=O) groups is 2. The van der Waals surface area contributed by atoms with Crippen LogP contribution in [0.3, 0.4) is 0 Å². The fourth-order valence-electron chi connectivity index (χ4n) is 1.95. The van der Waals surface area contributed by atoms with Crippen molar-refractivity contribution in [2.24, 2.45) is 0 Å². The molecule has 2 amide bonds. The van der Waals surface area contributed by atoms with E-state index in [9.17, 15) is 14.4 Å². The summed E-state index contributed by atoms with van der Waals surface area (Å²) < 4.78 is 10.2. The van der Waals surface area contributed by atoms with E-state index < -0.39 is 11.5 Å². The van der Waals surface area contributed by atoms with Crippen molar-refractivity contribution in [2.45, 2.75) is 0 Å². The fourth-order valence-corrected chi connectivity index (χ4v) is 1.95. The van der Waals surface area contributed by atoms with Gasteiger partial charge in [-0.25, -0.2) is 5.10 Å². The molecule has 132 valence electrons. The Labute approximate surface area is 143 Å². The topological polar surface area (TPSA) is 122 Å². The zero-order chi connectivity index (χ0) is 18.2. The second-order valence-electron chi connectivity index (χ2n) is 4.92. The van der Waals surface area contributed by atoms with Gasteiger partial charge in [0.25, 0.3) is 17.4 Å². The van der Waals surface area contributed by atoms with Crippen LogP contribution in [0.25, 0.3) is 0 Å². The molecule has 0 aliphatic carbocycles. The Morgan fingerprint density at radius 1 is 1.00 bits per heavy atom. The molecule has 0 radical (unpaired) electrons. The van der Waals surface area contributed by atoms with Gasteiger partial charge in [-0.1, -0.05) is 0 Å². The smallest absolute Gasteiger partial charge is 0.271 e. The van der Waals surface area contributed by atoms with Gasteiger partial charge in [-0.15, -0.1) is 0 Å². The first kappa shape index (κ1) is 18.0.